The first-order valence-electron chi connectivity index (χ1n) is 9.60. The number of nitrogens with zero attached hydrogens (tertiary/aromatic N) is 2. The zero-order valence-corrected chi connectivity index (χ0v) is 14.7. The molecule has 0 saturated carbocycles. The Morgan fingerprint density at radius 1 is 1.12 bits per heavy atom. The van der Waals surface area contributed by atoms with Crippen LogP contribution in [0.3, 0.4) is 0 Å². The van der Waals surface area contributed by atoms with Gasteiger partial charge in [0.25, 0.3) is 5.91 Å². The fourth-order valence-corrected chi connectivity index (χ4v) is 4.73. The molecule has 3 heterocycles. The maximum atomic E-state index is 12.4. The number of rotatable bonds is 4. The normalized spacial score (nSPS) is 26.2. The standard InChI is InChI=1S/C20H27N3O2/c24-19(14-23-13-16-6-1-2-8-17(16)20(23)25)21-12-15-7-5-11-22-10-4-3-9-18(15)22/h1-2,6,8,15,18H,3-5,7,9-14H2,(H,21,24)/t15-,18-/m0/s1. The van der Waals surface area contributed by atoms with Gasteiger partial charge in [0.05, 0.1) is 0 Å². The number of piperidine rings is 2. The molecule has 25 heavy (non-hydrogen) atoms. The van der Waals surface area contributed by atoms with Crippen LogP contribution in [0.15, 0.2) is 24.3 Å². The van der Waals surface area contributed by atoms with Crippen molar-refractivity contribution in [2.75, 3.05) is 26.2 Å². The van der Waals surface area contributed by atoms with E-state index in [0.29, 0.717) is 18.5 Å². The summed E-state index contributed by atoms with van der Waals surface area (Å²) in [5.74, 6) is 0.500. The van der Waals surface area contributed by atoms with Gasteiger partial charge in [-0.3, -0.25) is 9.59 Å². The molecule has 5 nitrogen and oxygen atoms in total. The van der Waals surface area contributed by atoms with Gasteiger partial charge in [-0.25, -0.2) is 0 Å². The van der Waals surface area contributed by atoms with Crippen molar-refractivity contribution in [2.45, 2.75) is 44.7 Å². The summed E-state index contributed by atoms with van der Waals surface area (Å²) in [6.07, 6.45) is 6.33. The van der Waals surface area contributed by atoms with Crippen molar-refractivity contribution in [3.63, 3.8) is 0 Å². The van der Waals surface area contributed by atoms with E-state index < -0.39 is 0 Å². The highest BCUT2D eigenvalue weighted by atomic mass is 16.2. The zero-order chi connectivity index (χ0) is 17.2. The van der Waals surface area contributed by atoms with Crippen molar-refractivity contribution >= 4 is 11.8 Å². The topological polar surface area (TPSA) is 52.7 Å². The van der Waals surface area contributed by atoms with Gasteiger partial charge in [-0.1, -0.05) is 24.6 Å². The molecule has 3 aliphatic heterocycles. The highest BCUT2D eigenvalue weighted by Gasteiger charge is 2.33. The van der Waals surface area contributed by atoms with Gasteiger partial charge in [0.2, 0.25) is 5.91 Å². The first-order chi connectivity index (χ1) is 12.2. The molecule has 0 radical (unpaired) electrons. The van der Waals surface area contributed by atoms with Crippen molar-refractivity contribution in [3.8, 4) is 0 Å². The number of carbonyl (C=O) groups is 2. The second kappa shape index (κ2) is 7.16. The molecule has 1 aromatic rings. The lowest BCUT2D eigenvalue weighted by Crippen LogP contribution is -2.51. The molecule has 2 atom stereocenters. The van der Waals surface area contributed by atoms with Crippen LogP contribution in [0.25, 0.3) is 0 Å². The Morgan fingerprint density at radius 3 is 2.84 bits per heavy atom. The average Bonchev–Trinajstić information content (AvgIpc) is 2.96. The molecule has 3 aliphatic rings. The Labute approximate surface area is 149 Å². The zero-order valence-electron chi connectivity index (χ0n) is 14.7. The molecule has 1 aromatic carbocycles. The summed E-state index contributed by atoms with van der Waals surface area (Å²) >= 11 is 0. The molecule has 0 unspecified atom stereocenters. The van der Waals surface area contributed by atoms with Crippen molar-refractivity contribution in [2.24, 2.45) is 5.92 Å². The van der Waals surface area contributed by atoms with E-state index >= 15 is 0 Å². The van der Waals surface area contributed by atoms with Crippen LogP contribution in [0.4, 0.5) is 0 Å². The van der Waals surface area contributed by atoms with Crippen LogP contribution in [0.5, 0.6) is 0 Å². The van der Waals surface area contributed by atoms with Gasteiger partial charge in [0.1, 0.15) is 6.54 Å². The van der Waals surface area contributed by atoms with Crippen LogP contribution >= 0.6 is 0 Å². The maximum absolute atomic E-state index is 12.4. The molecule has 2 saturated heterocycles. The number of hydrogen-bond acceptors (Lipinski definition) is 3. The van der Waals surface area contributed by atoms with Gasteiger partial charge in [-0.15, -0.1) is 0 Å². The van der Waals surface area contributed by atoms with Crippen LogP contribution in [0.1, 0.15) is 48.0 Å². The second-order valence-electron chi connectivity index (χ2n) is 7.62. The molecule has 5 heteroatoms. The molecule has 0 bridgehead atoms. The summed E-state index contributed by atoms with van der Waals surface area (Å²) in [5, 5.41) is 3.10. The quantitative estimate of drug-likeness (QED) is 0.912. The van der Waals surface area contributed by atoms with Crippen molar-refractivity contribution in [1.29, 1.82) is 0 Å². The van der Waals surface area contributed by atoms with Crippen LogP contribution in [-0.4, -0.2) is 53.8 Å². The Balaban J connectivity index is 1.29. The first-order valence-corrected chi connectivity index (χ1v) is 9.60. The number of benzene rings is 1. The summed E-state index contributed by atoms with van der Waals surface area (Å²) in [4.78, 5) is 29.0. The van der Waals surface area contributed by atoms with Gasteiger partial charge >= 0.3 is 0 Å². The summed E-state index contributed by atoms with van der Waals surface area (Å²) in [6.45, 7) is 3.89. The van der Waals surface area contributed by atoms with E-state index in [-0.39, 0.29) is 18.4 Å². The van der Waals surface area contributed by atoms with E-state index in [9.17, 15) is 9.59 Å². The number of carbonyl (C=O) groups excluding carboxylic acids is 2. The highest BCUT2D eigenvalue weighted by molar-refractivity contribution is 6.00. The minimum Gasteiger partial charge on any atom is -0.354 e. The van der Waals surface area contributed by atoms with Gasteiger partial charge in [-0.05, 0) is 56.3 Å². The Hall–Kier alpha value is -1.88. The van der Waals surface area contributed by atoms with Crippen molar-refractivity contribution < 1.29 is 9.59 Å². The van der Waals surface area contributed by atoms with E-state index in [2.05, 4.69) is 10.2 Å². The molecule has 0 aliphatic carbocycles. The van der Waals surface area contributed by atoms with Gasteiger partial charge in [-0.2, -0.15) is 0 Å². The van der Waals surface area contributed by atoms with Gasteiger partial charge in [0.15, 0.2) is 0 Å². The third-order valence-corrected chi connectivity index (χ3v) is 6.02. The highest BCUT2D eigenvalue weighted by Crippen LogP contribution is 2.30. The SMILES string of the molecule is O=C(CN1Cc2ccccc2C1=O)NC[C@@H]1CCCN2CCCC[C@@H]12. The van der Waals surface area contributed by atoms with E-state index in [1.165, 1.54) is 45.2 Å². The summed E-state index contributed by atoms with van der Waals surface area (Å²) in [7, 11) is 0. The van der Waals surface area contributed by atoms with Crippen LogP contribution in [0.2, 0.25) is 0 Å². The fourth-order valence-electron chi connectivity index (χ4n) is 4.73. The third-order valence-electron chi connectivity index (χ3n) is 6.02. The molecule has 1 N–H and O–H groups in total. The Kier molecular flexibility index (Phi) is 4.75. The maximum Gasteiger partial charge on any atom is 0.254 e. The molecule has 2 amide bonds. The number of amides is 2. The van der Waals surface area contributed by atoms with E-state index in [4.69, 9.17) is 0 Å². The number of fused-ring (bicyclic) bond motifs is 2. The third kappa shape index (κ3) is 3.43. The van der Waals surface area contributed by atoms with E-state index in [1.54, 1.807) is 4.90 Å². The van der Waals surface area contributed by atoms with E-state index in [0.717, 1.165) is 17.7 Å². The predicted molar refractivity (Wildman–Crippen MR) is 96.1 cm³/mol. The summed E-state index contributed by atoms with van der Waals surface area (Å²) in [6, 6.07) is 8.26. The van der Waals surface area contributed by atoms with Crippen LogP contribution < -0.4 is 5.32 Å². The molecule has 0 spiro atoms. The van der Waals surface area contributed by atoms with Gasteiger partial charge < -0.3 is 15.1 Å². The van der Waals surface area contributed by atoms with E-state index in [1.807, 2.05) is 24.3 Å². The number of nitrogens with one attached hydrogen (secondary N) is 1. The van der Waals surface area contributed by atoms with Crippen LogP contribution in [-0.2, 0) is 11.3 Å². The lowest BCUT2D eigenvalue weighted by atomic mass is 9.83. The molecule has 2 fully saturated rings. The Bertz CT molecular complexity index is 658. The lowest BCUT2D eigenvalue weighted by Gasteiger charge is -2.44. The average molecular weight is 341 g/mol. The fraction of sp³-hybridized carbons (Fsp3) is 0.600. The Morgan fingerprint density at radius 2 is 1.96 bits per heavy atom. The van der Waals surface area contributed by atoms with Gasteiger partial charge in [0, 0.05) is 24.7 Å². The minimum absolute atomic E-state index is 0.0260. The smallest absolute Gasteiger partial charge is 0.254 e. The van der Waals surface area contributed by atoms with Crippen LogP contribution in [0, 0.1) is 5.92 Å². The predicted octanol–water partition coefficient (Wildman–Crippen LogP) is 2.02. The molecular weight excluding hydrogens is 314 g/mol. The second-order valence-corrected chi connectivity index (χ2v) is 7.62. The largest absolute Gasteiger partial charge is 0.354 e. The first kappa shape index (κ1) is 16.6. The van der Waals surface area contributed by atoms with Crippen molar-refractivity contribution in [1.82, 2.24) is 15.1 Å². The number of hydrogen-bond donors (Lipinski definition) is 1. The lowest BCUT2D eigenvalue weighted by molar-refractivity contribution is -0.122. The molecule has 0 aromatic heterocycles. The molecule has 4 rings (SSSR count). The summed E-state index contributed by atoms with van der Waals surface area (Å²) < 4.78 is 0. The minimum atomic E-state index is -0.0333. The monoisotopic (exact) mass is 341 g/mol. The van der Waals surface area contributed by atoms with Crippen molar-refractivity contribution in [3.05, 3.63) is 35.4 Å². The molecule has 134 valence electrons. The summed E-state index contributed by atoms with van der Waals surface area (Å²) in [5.41, 5.74) is 1.76. The molecular formula is C20H27N3O2.